The lowest BCUT2D eigenvalue weighted by molar-refractivity contribution is 0.495. The van der Waals surface area contributed by atoms with E-state index in [1.807, 2.05) is 6.92 Å². The highest BCUT2D eigenvalue weighted by molar-refractivity contribution is 7.93. The van der Waals surface area contributed by atoms with Crippen LogP contribution in [0.5, 0.6) is 0 Å². The minimum Gasteiger partial charge on any atom is -0.315 e. The monoisotopic (exact) mass is 269 g/mol. The summed E-state index contributed by atoms with van der Waals surface area (Å²) in [7, 11) is -3.28. The number of sulfonamides is 1. The number of hydrogen-bond donors (Lipinski definition) is 1. The Hall–Kier alpha value is -1.14. The van der Waals surface area contributed by atoms with Gasteiger partial charge < -0.3 is 5.32 Å². The molecule has 1 fully saturated rings. The van der Waals surface area contributed by atoms with Gasteiger partial charge in [0, 0.05) is 25.5 Å². The largest absolute Gasteiger partial charge is 0.315 e. The third-order valence-corrected chi connectivity index (χ3v) is 5.55. The molecule has 0 radical (unpaired) electrons. The standard InChI is InChI=1S/C12H19N3O2S/c1-2-15(11-5-8-13-9-6-11)18(16,17)12-4-3-7-14-10-12/h5-6,8-9,12,14H,2-4,7,10H2,1H3. The summed E-state index contributed by atoms with van der Waals surface area (Å²) in [5, 5.41) is 2.83. The average molecular weight is 269 g/mol. The molecule has 1 atom stereocenters. The van der Waals surface area contributed by atoms with E-state index in [4.69, 9.17) is 0 Å². The van der Waals surface area contributed by atoms with Crippen molar-refractivity contribution >= 4 is 15.7 Å². The van der Waals surface area contributed by atoms with Crippen LogP contribution in [0.4, 0.5) is 5.69 Å². The molecule has 0 spiro atoms. The van der Waals surface area contributed by atoms with Crippen molar-refractivity contribution in [3.05, 3.63) is 24.5 Å². The summed E-state index contributed by atoms with van der Waals surface area (Å²) in [5.74, 6) is 0. The Kier molecular flexibility index (Phi) is 4.19. The maximum absolute atomic E-state index is 12.6. The van der Waals surface area contributed by atoms with Gasteiger partial charge in [0.25, 0.3) is 0 Å². The molecule has 5 nitrogen and oxygen atoms in total. The highest BCUT2D eigenvalue weighted by Gasteiger charge is 2.32. The fourth-order valence-electron chi connectivity index (χ4n) is 2.27. The van der Waals surface area contributed by atoms with E-state index >= 15 is 0 Å². The molecule has 0 bridgehead atoms. The zero-order valence-electron chi connectivity index (χ0n) is 10.5. The predicted molar refractivity (Wildman–Crippen MR) is 72.1 cm³/mol. The van der Waals surface area contributed by atoms with Gasteiger partial charge in [-0.15, -0.1) is 0 Å². The van der Waals surface area contributed by atoms with Crippen LogP contribution in [-0.4, -0.2) is 38.3 Å². The Morgan fingerprint density at radius 1 is 1.44 bits per heavy atom. The highest BCUT2D eigenvalue weighted by Crippen LogP contribution is 2.22. The first-order valence-corrected chi connectivity index (χ1v) is 7.79. The minimum absolute atomic E-state index is 0.320. The quantitative estimate of drug-likeness (QED) is 0.885. The molecule has 0 aromatic carbocycles. The van der Waals surface area contributed by atoms with E-state index in [1.54, 1.807) is 24.5 Å². The van der Waals surface area contributed by atoms with Crippen molar-refractivity contribution in [2.45, 2.75) is 25.0 Å². The van der Waals surface area contributed by atoms with Crippen molar-refractivity contribution in [2.24, 2.45) is 0 Å². The summed E-state index contributed by atoms with van der Waals surface area (Å²) in [6, 6.07) is 3.47. The Morgan fingerprint density at radius 3 is 2.72 bits per heavy atom. The lowest BCUT2D eigenvalue weighted by Gasteiger charge is -2.30. The second kappa shape index (κ2) is 5.67. The van der Waals surface area contributed by atoms with Crippen molar-refractivity contribution in [3.63, 3.8) is 0 Å². The van der Waals surface area contributed by atoms with Gasteiger partial charge in [-0.1, -0.05) is 0 Å². The van der Waals surface area contributed by atoms with Crippen molar-refractivity contribution < 1.29 is 8.42 Å². The molecular formula is C12H19N3O2S. The molecule has 1 aromatic rings. The highest BCUT2D eigenvalue weighted by atomic mass is 32.2. The van der Waals surface area contributed by atoms with E-state index in [1.165, 1.54) is 4.31 Å². The molecule has 1 aromatic heterocycles. The van der Waals surface area contributed by atoms with Crippen molar-refractivity contribution in [2.75, 3.05) is 23.9 Å². The molecule has 0 saturated carbocycles. The van der Waals surface area contributed by atoms with Crippen LogP contribution in [0.15, 0.2) is 24.5 Å². The fourth-order valence-corrected chi connectivity index (χ4v) is 4.20. The minimum atomic E-state index is -3.28. The lowest BCUT2D eigenvalue weighted by atomic mass is 10.2. The number of rotatable bonds is 4. The summed E-state index contributed by atoms with van der Waals surface area (Å²) in [5.41, 5.74) is 0.693. The smallest absolute Gasteiger partial charge is 0.239 e. The number of aromatic nitrogens is 1. The van der Waals surface area contributed by atoms with Gasteiger partial charge in [-0.25, -0.2) is 8.42 Å². The molecule has 2 rings (SSSR count). The first-order chi connectivity index (χ1) is 8.66. The Labute approximate surface area is 108 Å². The van der Waals surface area contributed by atoms with E-state index in [9.17, 15) is 8.42 Å². The van der Waals surface area contributed by atoms with Crippen LogP contribution in [0.25, 0.3) is 0 Å². The number of nitrogens with zero attached hydrogens (tertiary/aromatic N) is 2. The summed E-state index contributed by atoms with van der Waals surface area (Å²) in [6.07, 6.45) is 4.88. The van der Waals surface area contributed by atoms with Gasteiger partial charge in [0.2, 0.25) is 10.0 Å². The van der Waals surface area contributed by atoms with Gasteiger partial charge in [-0.3, -0.25) is 9.29 Å². The molecule has 0 aliphatic carbocycles. The molecule has 18 heavy (non-hydrogen) atoms. The van der Waals surface area contributed by atoms with Crippen LogP contribution in [0, 0.1) is 0 Å². The molecule has 1 saturated heterocycles. The summed E-state index contributed by atoms with van der Waals surface area (Å²) >= 11 is 0. The Balaban J connectivity index is 2.26. The van der Waals surface area contributed by atoms with Gasteiger partial charge in [0.05, 0.1) is 10.9 Å². The molecule has 1 aliphatic heterocycles. The van der Waals surface area contributed by atoms with Crippen LogP contribution in [0.1, 0.15) is 19.8 Å². The van der Waals surface area contributed by atoms with Crippen LogP contribution in [-0.2, 0) is 10.0 Å². The number of pyridine rings is 1. The van der Waals surface area contributed by atoms with Crippen molar-refractivity contribution in [3.8, 4) is 0 Å². The summed E-state index contributed by atoms with van der Waals surface area (Å²) < 4.78 is 26.6. The van der Waals surface area contributed by atoms with E-state index in [-0.39, 0.29) is 5.25 Å². The van der Waals surface area contributed by atoms with Gasteiger partial charge in [0.15, 0.2) is 0 Å². The first-order valence-electron chi connectivity index (χ1n) is 6.28. The van der Waals surface area contributed by atoms with E-state index in [0.717, 1.165) is 19.4 Å². The van der Waals surface area contributed by atoms with Crippen LogP contribution < -0.4 is 9.62 Å². The maximum atomic E-state index is 12.6. The van der Waals surface area contributed by atoms with E-state index in [0.29, 0.717) is 18.8 Å². The van der Waals surface area contributed by atoms with Crippen molar-refractivity contribution in [1.82, 2.24) is 10.3 Å². The number of hydrogen-bond acceptors (Lipinski definition) is 4. The third kappa shape index (κ3) is 2.64. The van der Waals surface area contributed by atoms with Crippen LogP contribution in [0.2, 0.25) is 0 Å². The van der Waals surface area contributed by atoms with Gasteiger partial charge in [0.1, 0.15) is 0 Å². The number of anilines is 1. The topological polar surface area (TPSA) is 62.3 Å². The number of nitrogens with one attached hydrogen (secondary N) is 1. The fraction of sp³-hybridized carbons (Fsp3) is 0.583. The number of piperidine rings is 1. The third-order valence-electron chi connectivity index (χ3n) is 3.22. The lowest BCUT2D eigenvalue weighted by Crippen LogP contribution is -2.46. The molecular weight excluding hydrogens is 250 g/mol. The molecule has 1 aliphatic rings. The summed E-state index contributed by atoms with van der Waals surface area (Å²) in [4.78, 5) is 3.92. The van der Waals surface area contributed by atoms with Gasteiger partial charge in [-0.05, 0) is 38.4 Å². The second-order valence-corrected chi connectivity index (χ2v) is 6.52. The average Bonchev–Trinajstić information content (AvgIpc) is 2.41. The zero-order chi connectivity index (χ0) is 13.0. The maximum Gasteiger partial charge on any atom is 0.239 e. The Morgan fingerprint density at radius 2 is 2.17 bits per heavy atom. The predicted octanol–water partition coefficient (Wildman–Crippen LogP) is 0.990. The molecule has 2 heterocycles. The molecule has 0 amide bonds. The van der Waals surface area contributed by atoms with Crippen LogP contribution >= 0.6 is 0 Å². The Bertz CT molecular complexity index is 469. The molecule has 1 N–H and O–H groups in total. The zero-order valence-corrected chi connectivity index (χ0v) is 11.4. The first kappa shape index (κ1) is 13.3. The molecule has 6 heteroatoms. The van der Waals surface area contributed by atoms with E-state index < -0.39 is 10.0 Å². The van der Waals surface area contributed by atoms with Gasteiger partial charge in [-0.2, -0.15) is 0 Å². The van der Waals surface area contributed by atoms with E-state index in [2.05, 4.69) is 10.3 Å². The van der Waals surface area contributed by atoms with Gasteiger partial charge >= 0.3 is 0 Å². The second-order valence-electron chi connectivity index (χ2n) is 4.38. The summed E-state index contributed by atoms with van der Waals surface area (Å²) in [6.45, 7) is 3.76. The SMILES string of the molecule is CCN(c1ccncc1)S(=O)(=O)C1CCCNC1. The molecule has 1 unspecified atom stereocenters. The molecule has 100 valence electrons. The van der Waals surface area contributed by atoms with Crippen LogP contribution in [0.3, 0.4) is 0 Å². The van der Waals surface area contributed by atoms with Crippen molar-refractivity contribution in [1.29, 1.82) is 0 Å². The normalized spacial score (nSPS) is 20.6.